The van der Waals surface area contributed by atoms with Crippen molar-refractivity contribution in [2.45, 2.75) is 27.4 Å². The summed E-state index contributed by atoms with van der Waals surface area (Å²) in [7, 11) is 0. The van der Waals surface area contributed by atoms with Crippen LogP contribution in [0.25, 0.3) is 5.69 Å². The van der Waals surface area contributed by atoms with Crippen LogP contribution in [0.5, 0.6) is 5.75 Å². The Balaban J connectivity index is 1.74. The van der Waals surface area contributed by atoms with E-state index in [1.54, 1.807) is 43.5 Å². The standard InChI is InChI=1S/C24H23F2N3O6/c1-4-27-20-10-5-16(12-21(20)29(32)33)23(31)34-13-22(30)19-11-14(2)28(15(19)3)17-6-8-18(9-7-17)35-24(25)26/h5-12,24,27H,4,13H2,1-3H3. The quantitative estimate of drug-likeness (QED) is 0.184. The SMILES string of the molecule is CCNc1ccc(C(=O)OCC(=O)c2cc(C)n(-c3ccc(OC(F)F)cc3)c2C)cc1[N+](=O)[O-]. The summed E-state index contributed by atoms with van der Waals surface area (Å²) in [4.78, 5) is 35.9. The van der Waals surface area contributed by atoms with Crippen LogP contribution in [0.4, 0.5) is 20.2 Å². The number of aryl methyl sites for hydroxylation is 1. The minimum Gasteiger partial charge on any atom is -0.454 e. The molecule has 2 aromatic carbocycles. The molecule has 0 atom stereocenters. The van der Waals surface area contributed by atoms with Crippen LogP contribution < -0.4 is 10.1 Å². The number of halogens is 2. The molecule has 11 heteroatoms. The van der Waals surface area contributed by atoms with Gasteiger partial charge in [0.05, 0.1) is 10.5 Å². The molecule has 1 aromatic heterocycles. The Bertz CT molecular complexity index is 1250. The number of carbonyl (C=O) groups is 2. The van der Waals surface area contributed by atoms with E-state index in [2.05, 4.69) is 10.1 Å². The van der Waals surface area contributed by atoms with E-state index in [1.165, 1.54) is 24.3 Å². The number of carbonyl (C=O) groups excluding carboxylic acids is 2. The van der Waals surface area contributed by atoms with E-state index < -0.39 is 29.9 Å². The Morgan fingerprint density at radius 1 is 1.11 bits per heavy atom. The molecule has 0 unspecified atom stereocenters. The number of hydrogen-bond acceptors (Lipinski definition) is 7. The van der Waals surface area contributed by atoms with Gasteiger partial charge in [0, 0.05) is 35.2 Å². The molecule has 35 heavy (non-hydrogen) atoms. The summed E-state index contributed by atoms with van der Waals surface area (Å²) in [6.45, 7) is 2.22. The molecule has 0 amide bonds. The van der Waals surface area contributed by atoms with Crippen molar-refractivity contribution in [1.29, 1.82) is 0 Å². The molecule has 3 rings (SSSR count). The number of nitrogens with one attached hydrogen (secondary N) is 1. The molecule has 0 fully saturated rings. The second kappa shape index (κ2) is 10.8. The molecule has 0 saturated heterocycles. The number of nitrogens with zero attached hydrogens (tertiary/aromatic N) is 2. The lowest BCUT2D eigenvalue weighted by Gasteiger charge is -2.11. The van der Waals surface area contributed by atoms with E-state index in [4.69, 9.17) is 4.74 Å². The average Bonchev–Trinajstić information content (AvgIpc) is 3.11. The van der Waals surface area contributed by atoms with E-state index in [9.17, 15) is 28.5 Å². The van der Waals surface area contributed by atoms with Crippen molar-refractivity contribution in [2.24, 2.45) is 0 Å². The molecule has 3 aromatic rings. The molecule has 0 radical (unpaired) electrons. The van der Waals surface area contributed by atoms with Gasteiger partial charge in [-0.3, -0.25) is 14.9 Å². The van der Waals surface area contributed by atoms with Crippen LogP contribution in [0.1, 0.15) is 39.0 Å². The predicted octanol–water partition coefficient (Wildman–Crippen LogP) is 5.08. The molecule has 184 valence electrons. The number of nitro benzene ring substituents is 1. The first-order chi connectivity index (χ1) is 16.6. The lowest BCUT2D eigenvalue weighted by molar-refractivity contribution is -0.384. The van der Waals surface area contributed by atoms with Gasteiger partial charge in [-0.25, -0.2) is 4.79 Å². The molecule has 0 aliphatic heterocycles. The molecule has 0 aliphatic carbocycles. The van der Waals surface area contributed by atoms with E-state index in [1.807, 2.05) is 0 Å². The van der Waals surface area contributed by atoms with Crippen molar-refractivity contribution in [2.75, 3.05) is 18.5 Å². The number of hydrogen-bond donors (Lipinski definition) is 1. The minimum absolute atomic E-state index is 0.00756. The van der Waals surface area contributed by atoms with Gasteiger partial charge in [0.25, 0.3) is 5.69 Å². The fourth-order valence-corrected chi connectivity index (χ4v) is 3.66. The monoisotopic (exact) mass is 487 g/mol. The van der Waals surface area contributed by atoms with Crippen LogP contribution >= 0.6 is 0 Å². The van der Waals surface area contributed by atoms with Crippen molar-refractivity contribution in [3.05, 3.63) is 81.2 Å². The number of nitro groups is 1. The first kappa shape index (κ1) is 25.3. The van der Waals surface area contributed by atoms with Gasteiger partial charge < -0.3 is 19.4 Å². The Kier molecular flexibility index (Phi) is 7.80. The Morgan fingerprint density at radius 3 is 2.40 bits per heavy atom. The summed E-state index contributed by atoms with van der Waals surface area (Å²) in [6, 6.07) is 11.5. The van der Waals surface area contributed by atoms with Crippen molar-refractivity contribution in [3.63, 3.8) is 0 Å². The number of benzene rings is 2. The van der Waals surface area contributed by atoms with Crippen molar-refractivity contribution >= 4 is 23.1 Å². The van der Waals surface area contributed by atoms with Crippen LogP contribution in [-0.4, -0.2) is 41.0 Å². The molecular weight excluding hydrogens is 464 g/mol. The first-order valence-corrected chi connectivity index (χ1v) is 10.6. The third-order valence-corrected chi connectivity index (χ3v) is 5.18. The minimum atomic E-state index is -2.93. The number of ketones is 1. The van der Waals surface area contributed by atoms with Crippen LogP contribution in [-0.2, 0) is 4.74 Å². The van der Waals surface area contributed by atoms with Crippen molar-refractivity contribution in [3.8, 4) is 11.4 Å². The number of alkyl halides is 2. The van der Waals surface area contributed by atoms with Gasteiger partial charge >= 0.3 is 12.6 Å². The molecule has 9 nitrogen and oxygen atoms in total. The molecule has 0 bridgehead atoms. The van der Waals surface area contributed by atoms with Crippen molar-refractivity contribution < 1.29 is 32.8 Å². The first-order valence-electron chi connectivity index (χ1n) is 10.6. The number of Topliss-reactive ketones (excluding diaryl/α,β-unsaturated/α-hetero) is 1. The van der Waals surface area contributed by atoms with Gasteiger partial charge in [0.15, 0.2) is 6.61 Å². The number of ether oxygens (including phenoxy) is 2. The van der Waals surface area contributed by atoms with Crippen LogP contribution in [0, 0.1) is 24.0 Å². The third-order valence-electron chi connectivity index (χ3n) is 5.18. The highest BCUT2D eigenvalue weighted by atomic mass is 19.3. The summed E-state index contributed by atoms with van der Waals surface area (Å²) in [5.41, 5.74) is 2.16. The summed E-state index contributed by atoms with van der Waals surface area (Å²) in [6.07, 6.45) is 0. The van der Waals surface area contributed by atoms with Gasteiger partial charge in [0.1, 0.15) is 11.4 Å². The molecule has 0 aliphatic rings. The Morgan fingerprint density at radius 2 is 1.80 bits per heavy atom. The maximum atomic E-state index is 12.8. The van der Waals surface area contributed by atoms with E-state index in [-0.39, 0.29) is 22.7 Å². The smallest absolute Gasteiger partial charge is 0.387 e. The number of rotatable bonds is 10. The highest BCUT2D eigenvalue weighted by Gasteiger charge is 2.21. The molecule has 0 saturated carbocycles. The number of aromatic nitrogens is 1. The molecule has 1 heterocycles. The zero-order valence-corrected chi connectivity index (χ0v) is 19.2. The lowest BCUT2D eigenvalue weighted by atomic mass is 10.1. The Labute approximate surface area is 199 Å². The second-order valence-electron chi connectivity index (χ2n) is 7.51. The fourth-order valence-electron chi connectivity index (χ4n) is 3.66. The van der Waals surface area contributed by atoms with E-state index in [0.717, 1.165) is 6.07 Å². The molecular formula is C24H23F2N3O6. The van der Waals surface area contributed by atoms with Crippen LogP contribution in [0.2, 0.25) is 0 Å². The van der Waals surface area contributed by atoms with Gasteiger partial charge in [-0.2, -0.15) is 8.78 Å². The maximum absolute atomic E-state index is 12.8. The van der Waals surface area contributed by atoms with Gasteiger partial charge in [-0.15, -0.1) is 0 Å². The maximum Gasteiger partial charge on any atom is 0.387 e. The van der Waals surface area contributed by atoms with Gasteiger partial charge in [-0.05, 0) is 63.2 Å². The highest BCUT2D eigenvalue weighted by molar-refractivity contribution is 6.00. The predicted molar refractivity (Wildman–Crippen MR) is 124 cm³/mol. The normalized spacial score (nSPS) is 10.8. The Hall–Kier alpha value is -4.28. The zero-order chi connectivity index (χ0) is 25.7. The van der Waals surface area contributed by atoms with Crippen LogP contribution in [0.3, 0.4) is 0 Å². The van der Waals surface area contributed by atoms with E-state index in [0.29, 0.717) is 29.2 Å². The third kappa shape index (κ3) is 5.81. The fraction of sp³-hybridized carbons (Fsp3) is 0.250. The highest BCUT2D eigenvalue weighted by Crippen LogP contribution is 2.26. The largest absolute Gasteiger partial charge is 0.454 e. The topological polar surface area (TPSA) is 113 Å². The van der Waals surface area contributed by atoms with Crippen molar-refractivity contribution in [1.82, 2.24) is 4.57 Å². The zero-order valence-electron chi connectivity index (χ0n) is 19.2. The average molecular weight is 487 g/mol. The van der Waals surface area contributed by atoms with Gasteiger partial charge in [-0.1, -0.05) is 0 Å². The molecule has 1 N–H and O–H groups in total. The van der Waals surface area contributed by atoms with Gasteiger partial charge in [0.2, 0.25) is 5.78 Å². The molecule has 0 spiro atoms. The summed E-state index contributed by atoms with van der Waals surface area (Å²) < 4.78 is 36.0. The van der Waals surface area contributed by atoms with Crippen LogP contribution in [0.15, 0.2) is 48.5 Å². The van der Waals surface area contributed by atoms with E-state index >= 15 is 0 Å². The summed E-state index contributed by atoms with van der Waals surface area (Å²) in [5, 5.41) is 14.1. The second-order valence-corrected chi connectivity index (χ2v) is 7.51. The summed E-state index contributed by atoms with van der Waals surface area (Å²) >= 11 is 0. The number of esters is 1. The summed E-state index contributed by atoms with van der Waals surface area (Å²) in [5.74, 6) is -1.32. The lowest BCUT2D eigenvalue weighted by Crippen LogP contribution is -2.15. The number of anilines is 1.